The first-order chi connectivity index (χ1) is 10.1. The van der Waals surface area contributed by atoms with E-state index in [0.29, 0.717) is 12.1 Å². The van der Waals surface area contributed by atoms with Crippen molar-refractivity contribution in [3.63, 3.8) is 0 Å². The third-order valence-electron chi connectivity index (χ3n) is 4.05. The molecule has 0 atom stereocenters. The van der Waals surface area contributed by atoms with Gasteiger partial charge in [0.2, 0.25) is 0 Å². The molecule has 3 nitrogen and oxygen atoms in total. The molecule has 0 bridgehead atoms. The van der Waals surface area contributed by atoms with Crippen molar-refractivity contribution in [2.24, 2.45) is 5.73 Å². The zero-order chi connectivity index (χ0) is 15.9. The number of rotatable bonds is 15. The highest BCUT2D eigenvalue weighted by Crippen LogP contribution is 2.08. The number of hydrogen-bond donors (Lipinski definition) is 2. The lowest BCUT2D eigenvalue weighted by Crippen LogP contribution is -2.32. The molecule has 0 saturated carbocycles. The quantitative estimate of drug-likeness (QED) is 0.452. The zero-order valence-electron chi connectivity index (χ0n) is 15.2. The fourth-order valence-electron chi connectivity index (χ4n) is 2.63. The van der Waals surface area contributed by atoms with Crippen LogP contribution in [0.1, 0.15) is 79.1 Å². The van der Waals surface area contributed by atoms with Gasteiger partial charge in [-0.3, -0.25) is 0 Å². The molecule has 0 rings (SSSR count). The third kappa shape index (κ3) is 14.6. The molecule has 0 radical (unpaired) electrons. The fraction of sp³-hybridized carbons (Fsp3) is 1.00. The van der Waals surface area contributed by atoms with Gasteiger partial charge in [0.1, 0.15) is 0 Å². The standard InChI is InChI=1S/C18H41N3/c1-17(2)20-14-10-6-8-12-16-21(18(3)4)15-11-7-5-9-13-19/h17-18,20H,5-16,19H2,1-4H3. The van der Waals surface area contributed by atoms with E-state index < -0.39 is 0 Å². The van der Waals surface area contributed by atoms with Crippen LogP contribution in [-0.4, -0.2) is 43.2 Å². The van der Waals surface area contributed by atoms with Gasteiger partial charge in [0.25, 0.3) is 0 Å². The van der Waals surface area contributed by atoms with Crippen LogP contribution in [0.4, 0.5) is 0 Å². The minimum absolute atomic E-state index is 0.626. The molecule has 0 aliphatic rings. The molecular formula is C18H41N3. The summed E-state index contributed by atoms with van der Waals surface area (Å²) in [6.07, 6.45) is 10.6. The summed E-state index contributed by atoms with van der Waals surface area (Å²) in [7, 11) is 0. The molecular weight excluding hydrogens is 258 g/mol. The molecule has 3 N–H and O–H groups in total. The van der Waals surface area contributed by atoms with Crippen LogP contribution in [0.15, 0.2) is 0 Å². The summed E-state index contributed by atoms with van der Waals surface area (Å²) in [6, 6.07) is 1.31. The van der Waals surface area contributed by atoms with Gasteiger partial charge in [0, 0.05) is 12.1 Å². The molecule has 0 aromatic rings. The van der Waals surface area contributed by atoms with Gasteiger partial charge in [-0.1, -0.05) is 39.5 Å². The van der Waals surface area contributed by atoms with Gasteiger partial charge in [0.15, 0.2) is 0 Å². The van der Waals surface area contributed by atoms with Crippen LogP contribution in [0, 0.1) is 0 Å². The monoisotopic (exact) mass is 299 g/mol. The number of hydrogen-bond acceptors (Lipinski definition) is 3. The summed E-state index contributed by atoms with van der Waals surface area (Å²) in [4.78, 5) is 2.65. The minimum atomic E-state index is 0.626. The van der Waals surface area contributed by atoms with Crippen molar-refractivity contribution in [1.29, 1.82) is 0 Å². The predicted molar refractivity (Wildman–Crippen MR) is 95.8 cm³/mol. The van der Waals surface area contributed by atoms with E-state index in [2.05, 4.69) is 37.9 Å². The molecule has 128 valence electrons. The van der Waals surface area contributed by atoms with E-state index >= 15 is 0 Å². The smallest absolute Gasteiger partial charge is 0.00385 e. The molecule has 0 amide bonds. The van der Waals surface area contributed by atoms with Crippen LogP contribution in [0.3, 0.4) is 0 Å². The highest BCUT2D eigenvalue weighted by Gasteiger charge is 2.08. The van der Waals surface area contributed by atoms with E-state index in [-0.39, 0.29) is 0 Å². The molecule has 0 aliphatic heterocycles. The van der Waals surface area contributed by atoms with Gasteiger partial charge in [-0.15, -0.1) is 0 Å². The van der Waals surface area contributed by atoms with Gasteiger partial charge >= 0.3 is 0 Å². The lowest BCUT2D eigenvalue weighted by atomic mass is 10.1. The van der Waals surface area contributed by atoms with Gasteiger partial charge in [-0.25, -0.2) is 0 Å². The number of unbranched alkanes of at least 4 members (excludes halogenated alkanes) is 6. The van der Waals surface area contributed by atoms with E-state index in [1.54, 1.807) is 0 Å². The number of nitrogens with two attached hydrogens (primary N) is 1. The molecule has 0 fully saturated rings. The molecule has 0 spiro atoms. The summed E-state index contributed by atoms with van der Waals surface area (Å²) in [5, 5.41) is 3.49. The summed E-state index contributed by atoms with van der Waals surface area (Å²) in [5.41, 5.74) is 5.54. The SMILES string of the molecule is CC(C)NCCCCCCN(CCCCCCN)C(C)C. The Hall–Kier alpha value is -0.120. The van der Waals surface area contributed by atoms with Crippen LogP contribution in [0.25, 0.3) is 0 Å². The van der Waals surface area contributed by atoms with Crippen LogP contribution in [-0.2, 0) is 0 Å². The second-order valence-corrected chi connectivity index (χ2v) is 6.86. The third-order valence-corrected chi connectivity index (χ3v) is 4.05. The van der Waals surface area contributed by atoms with Crippen molar-refractivity contribution in [2.75, 3.05) is 26.2 Å². The Morgan fingerprint density at radius 2 is 1.29 bits per heavy atom. The molecule has 0 aromatic carbocycles. The average molecular weight is 300 g/mol. The Balaban J connectivity index is 3.52. The van der Waals surface area contributed by atoms with Crippen molar-refractivity contribution in [3.05, 3.63) is 0 Å². The zero-order valence-corrected chi connectivity index (χ0v) is 15.2. The molecule has 0 aliphatic carbocycles. The average Bonchev–Trinajstić information content (AvgIpc) is 2.43. The molecule has 0 aromatic heterocycles. The molecule has 3 heteroatoms. The van der Waals surface area contributed by atoms with Crippen LogP contribution >= 0.6 is 0 Å². The first-order valence-corrected chi connectivity index (χ1v) is 9.25. The maximum absolute atomic E-state index is 5.54. The van der Waals surface area contributed by atoms with Crippen molar-refractivity contribution < 1.29 is 0 Å². The lowest BCUT2D eigenvalue weighted by Gasteiger charge is -2.26. The number of nitrogens with zero attached hydrogens (tertiary/aromatic N) is 1. The lowest BCUT2D eigenvalue weighted by molar-refractivity contribution is 0.212. The Kier molecular flexibility index (Phi) is 14.7. The Morgan fingerprint density at radius 3 is 1.76 bits per heavy atom. The van der Waals surface area contributed by atoms with Crippen molar-refractivity contribution in [1.82, 2.24) is 10.2 Å². The maximum atomic E-state index is 5.54. The summed E-state index contributed by atoms with van der Waals surface area (Å²) < 4.78 is 0. The van der Waals surface area contributed by atoms with E-state index in [0.717, 1.165) is 6.54 Å². The highest BCUT2D eigenvalue weighted by atomic mass is 15.1. The largest absolute Gasteiger partial charge is 0.330 e. The summed E-state index contributed by atoms with van der Waals surface area (Å²) >= 11 is 0. The molecule has 0 saturated heterocycles. The summed E-state index contributed by atoms with van der Waals surface area (Å²) in [6.45, 7) is 13.6. The normalized spacial score (nSPS) is 12.0. The first-order valence-electron chi connectivity index (χ1n) is 9.25. The molecule has 0 heterocycles. The van der Waals surface area contributed by atoms with Crippen molar-refractivity contribution >= 4 is 0 Å². The minimum Gasteiger partial charge on any atom is -0.330 e. The number of nitrogens with one attached hydrogen (secondary N) is 1. The Morgan fingerprint density at radius 1 is 0.762 bits per heavy atom. The Labute approximate surface area is 134 Å². The van der Waals surface area contributed by atoms with Gasteiger partial charge in [-0.2, -0.15) is 0 Å². The topological polar surface area (TPSA) is 41.3 Å². The Bertz CT molecular complexity index is 205. The van der Waals surface area contributed by atoms with Gasteiger partial charge in [0.05, 0.1) is 0 Å². The van der Waals surface area contributed by atoms with Crippen LogP contribution in [0.5, 0.6) is 0 Å². The second kappa shape index (κ2) is 14.8. The van der Waals surface area contributed by atoms with E-state index in [4.69, 9.17) is 5.73 Å². The van der Waals surface area contributed by atoms with E-state index in [9.17, 15) is 0 Å². The summed E-state index contributed by atoms with van der Waals surface area (Å²) in [5.74, 6) is 0. The maximum Gasteiger partial charge on any atom is 0.00385 e. The predicted octanol–water partition coefficient (Wildman–Crippen LogP) is 3.77. The van der Waals surface area contributed by atoms with Crippen molar-refractivity contribution in [2.45, 2.75) is 91.1 Å². The fourth-order valence-corrected chi connectivity index (χ4v) is 2.63. The molecule has 0 unspecified atom stereocenters. The highest BCUT2D eigenvalue weighted by molar-refractivity contribution is 4.63. The van der Waals surface area contributed by atoms with Gasteiger partial charge < -0.3 is 16.0 Å². The first kappa shape index (κ1) is 20.9. The van der Waals surface area contributed by atoms with Crippen molar-refractivity contribution in [3.8, 4) is 0 Å². The van der Waals surface area contributed by atoms with E-state index in [1.165, 1.54) is 71.0 Å². The van der Waals surface area contributed by atoms with Gasteiger partial charge in [-0.05, 0) is 65.7 Å². The second-order valence-electron chi connectivity index (χ2n) is 6.86. The van der Waals surface area contributed by atoms with Crippen LogP contribution in [0.2, 0.25) is 0 Å². The van der Waals surface area contributed by atoms with Crippen LogP contribution < -0.4 is 11.1 Å². The molecule has 21 heavy (non-hydrogen) atoms. The van der Waals surface area contributed by atoms with E-state index in [1.807, 2.05) is 0 Å².